The van der Waals surface area contributed by atoms with E-state index in [1.807, 2.05) is 11.8 Å². The van der Waals surface area contributed by atoms with Gasteiger partial charge in [0.2, 0.25) is 5.91 Å². The Morgan fingerprint density at radius 1 is 1.22 bits per heavy atom. The third kappa shape index (κ3) is 4.10. The third-order valence-electron chi connectivity index (χ3n) is 4.52. The van der Waals surface area contributed by atoms with Gasteiger partial charge in [0.25, 0.3) is 0 Å². The van der Waals surface area contributed by atoms with Gasteiger partial charge in [-0.3, -0.25) is 4.79 Å². The molecule has 1 saturated carbocycles. The summed E-state index contributed by atoms with van der Waals surface area (Å²) in [4.78, 5) is 15.7. The molecule has 0 bridgehead atoms. The molecule has 23 heavy (non-hydrogen) atoms. The lowest BCUT2D eigenvalue weighted by Crippen LogP contribution is -2.43. The number of amides is 1. The predicted octanol–water partition coefficient (Wildman–Crippen LogP) is 2.57. The molecule has 2 fully saturated rings. The molecule has 3 rings (SSSR count). The topological polar surface area (TPSA) is 54.5 Å². The van der Waals surface area contributed by atoms with E-state index in [2.05, 4.69) is 25.1 Å². The van der Waals surface area contributed by atoms with Gasteiger partial charge in [-0.2, -0.15) is 0 Å². The summed E-state index contributed by atoms with van der Waals surface area (Å²) >= 11 is 1.56. The first kappa shape index (κ1) is 16.8. The normalized spacial score (nSPS) is 23.0. The molecule has 1 aromatic carbocycles. The van der Waals surface area contributed by atoms with Crippen LogP contribution in [0.2, 0.25) is 0 Å². The zero-order valence-corrected chi connectivity index (χ0v) is 15.3. The zero-order valence-electron chi connectivity index (χ0n) is 13.6. The number of sulfone groups is 1. The maximum Gasteiger partial charge on any atom is 0.233 e. The average molecular weight is 354 g/mol. The summed E-state index contributed by atoms with van der Waals surface area (Å²) in [6.07, 6.45) is 2.62. The van der Waals surface area contributed by atoms with Crippen molar-refractivity contribution in [2.24, 2.45) is 0 Å². The van der Waals surface area contributed by atoms with Crippen LogP contribution in [0.3, 0.4) is 0 Å². The van der Waals surface area contributed by atoms with Crippen LogP contribution in [0, 0.1) is 13.8 Å². The van der Waals surface area contributed by atoms with Gasteiger partial charge in [0.1, 0.15) is 0 Å². The first-order valence-electron chi connectivity index (χ1n) is 8.07. The van der Waals surface area contributed by atoms with Crippen molar-refractivity contribution in [1.82, 2.24) is 4.90 Å². The molecule has 1 aliphatic heterocycles. The second-order valence-electron chi connectivity index (χ2n) is 6.65. The van der Waals surface area contributed by atoms with Crippen molar-refractivity contribution in [1.29, 1.82) is 0 Å². The standard InChI is InChI=1S/C17H23NO3S2/c1-12-3-4-13(2)16(9-12)22-10-17(19)18(14-5-6-14)15-7-8-23(20,21)11-15/h3-4,9,14-15H,5-8,10-11H2,1-2H3. The quantitative estimate of drug-likeness (QED) is 0.764. The summed E-state index contributed by atoms with van der Waals surface area (Å²) < 4.78 is 23.5. The van der Waals surface area contributed by atoms with Crippen LogP contribution in [0.4, 0.5) is 0 Å². The Morgan fingerprint density at radius 2 is 1.96 bits per heavy atom. The molecule has 1 unspecified atom stereocenters. The molecule has 2 aliphatic rings. The van der Waals surface area contributed by atoms with Crippen LogP contribution in [-0.2, 0) is 14.6 Å². The number of benzene rings is 1. The van der Waals surface area contributed by atoms with E-state index >= 15 is 0 Å². The van der Waals surface area contributed by atoms with Crippen molar-refractivity contribution in [2.45, 2.75) is 50.1 Å². The Balaban J connectivity index is 1.67. The SMILES string of the molecule is Cc1ccc(C)c(SCC(=O)N(C2CC2)C2CCS(=O)(=O)C2)c1. The predicted molar refractivity (Wildman–Crippen MR) is 93.6 cm³/mol. The van der Waals surface area contributed by atoms with Crippen LogP contribution in [0.15, 0.2) is 23.1 Å². The summed E-state index contributed by atoms with van der Waals surface area (Å²) in [6.45, 7) is 4.10. The molecule has 1 aliphatic carbocycles. The highest BCUT2D eigenvalue weighted by Gasteiger charge is 2.41. The summed E-state index contributed by atoms with van der Waals surface area (Å²) in [5.41, 5.74) is 2.36. The Kier molecular flexibility index (Phi) is 4.74. The Bertz CT molecular complexity index is 711. The highest BCUT2D eigenvalue weighted by atomic mass is 32.2. The number of carbonyl (C=O) groups excluding carboxylic acids is 1. The van der Waals surface area contributed by atoms with E-state index in [1.54, 1.807) is 11.8 Å². The van der Waals surface area contributed by atoms with Crippen molar-refractivity contribution in [2.75, 3.05) is 17.3 Å². The van der Waals surface area contributed by atoms with Crippen LogP contribution >= 0.6 is 11.8 Å². The van der Waals surface area contributed by atoms with Gasteiger partial charge in [0, 0.05) is 17.0 Å². The first-order valence-corrected chi connectivity index (χ1v) is 10.9. The lowest BCUT2D eigenvalue weighted by Gasteiger charge is -2.28. The summed E-state index contributed by atoms with van der Waals surface area (Å²) in [5, 5.41) is 0. The van der Waals surface area contributed by atoms with Crippen LogP contribution in [-0.4, -0.2) is 48.6 Å². The van der Waals surface area contributed by atoms with Crippen LogP contribution in [0.25, 0.3) is 0 Å². The maximum absolute atomic E-state index is 12.7. The van der Waals surface area contributed by atoms with Crippen molar-refractivity contribution < 1.29 is 13.2 Å². The largest absolute Gasteiger partial charge is 0.335 e. The molecule has 6 heteroatoms. The van der Waals surface area contributed by atoms with Gasteiger partial charge in [0.15, 0.2) is 9.84 Å². The molecule has 0 N–H and O–H groups in total. The van der Waals surface area contributed by atoms with Crippen LogP contribution in [0.1, 0.15) is 30.4 Å². The van der Waals surface area contributed by atoms with Crippen LogP contribution < -0.4 is 0 Å². The Labute approximate surface area is 142 Å². The number of thioether (sulfide) groups is 1. The molecule has 1 heterocycles. The average Bonchev–Trinajstić information content (AvgIpc) is 3.24. The maximum atomic E-state index is 12.7. The minimum Gasteiger partial charge on any atom is -0.335 e. The Hall–Kier alpha value is -1.01. The van der Waals surface area contributed by atoms with E-state index in [9.17, 15) is 13.2 Å². The summed E-state index contributed by atoms with van der Waals surface area (Å²) in [6, 6.07) is 6.40. The third-order valence-corrected chi connectivity index (χ3v) is 7.42. The first-order chi connectivity index (χ1) is 10.9. The van der Waals surface area contributed by atoms with E-state index in [0.717, 1.165) is 17.7 Å². The minimum atomic E-state index is -2.96. The molecule has 1 aromatic rings. The summed E-state index contributed by atoms with van der Waals surface area (Å²) in [7, 11) is -2.96. The molecular formula is C17H23NO3S2. The van der Waals surface area contributed by atoms with Gasteiger partial charge in [0.05, 0.1) is 17.3 Å². The lowest BCUT2D eigenvalue weighted by molar-refractivity contribution is -0.130. The number of aryl methyl sites for hydroxylation is 2. The van der Waals surface area contributed by atoms with Gasteiger partial charge in [-0.15, -0.1) is 11.8 Å². The van der Waals surface area contributed by atoms with E-state index < -0.39 is 9.84 Å². The second-order valence-corrected chi connectivity index (χ2v) is 9.89. The van der Waals surface area contributed by atoms with Gasteiger partial charge in [-0.1, -0.05) is 17.7 Å². The highest BCUT2D eigenvalue weighted by molar-refractivity contribution is 8.00. The minimum absolute atomic E-state index is 0.0838. The van der Waals surface area contributed by atoms with E-state index in [1.165, 1.54) is 11.1 Å². The highest BCUT2D eigenvalue weighted by Crippen LogP contribution is 2.33. The second kappa shape index (κ2) is 6.48. The molecule has 0 spiro atoms. The van der Waals surface area contributed by atoms with Gasteiger partial charge in [-0.25, -0.2) is 8.42 Å². The Morgan fingerprint density at radius 3 is 2.57 bits per heavy atom. The molecule has 1 amide bonds. The van der Waals surface area contributed by atoms with Crippen molar-refractivity contribution >= 4 is 27.5 Å². The molecule has 126 valence electrons. The number of carbonyl (C=O) groups is 1. The van der Waals surface area contributed by atoms with Gasteiger partial charge >= 0.3 is 0 Å². The van der Waals surface area contributed by atoms with Crippen molar-refractivity contribution in [3.8, 4) is 0 Å². The molecule has 0 aromatic heterocycles. The molecular weight excluding hydrogens is 330 g/mol. The van der Waals surface area contributed by atoms with Gasteiger partial charge in [-0.05, 0) is 44.7 Å². The van der Waals surface area contributed by atoms with Crippen molar-refractivity contribution in [3.05, 3.63) is 29.3 Å². The lowest BCUT2D eigenvalue weighted by atomic mass is 10.2. The fourth-order valence-electron chi connectivity index (χ4n) is 3.13. The van der Waals surface area contributed by atoms with E-state index in [-0.39, 0.29) is 29.5 Å². The monoisotopic (exact) mass is 353 g/mol. The smallest absolute Gasteiger partial charge is 0.233 e. The summed E-state index contributed by atoms with van der Waals surface area (Å²) in [5.74, 6) is 0.833. The molecule has 1 atom stereocenters. The fraction of sp³-hybridized carbons (Fsp3) is 0.588. The zero-order chi connectivity index (χ0) is 16.6. The number of hydrogen-bond donors (Lipinski definition) is 0. The number of hydrogen-bond acceptors (Lipinski definition) is 4. The van der Waals surface area contributed by atoms with Gasteiger partial charge < -0.3 is 4.90 Å². The molecule has 1 saturated heterocycles. The number of nitrogens with zero attached hydrogens (tertiary/aromatic N) is 1. The molecule has 0 radical (unpaired) electrons. The van der Waals surface area contributed by atoms with Crippen LogP contribution in [0.5, 0.6) is 0 Å². The fourth-order valence-corrected chi connectivity index (χ4v) is 5.83. The van der Waals surface area contributed by atoms with E-state index in [0.29, 0.717) is 12.2 Å². The number of rotatable bonds is 5. The molecule has 4 nitrogen and oxygen atoms in total. The van der Waals surface area contributed by atoms with Crippen molar-refractivity contribution in [3.63, 3.8) is 0 Å². The van der Waals surface area contributed by atoms with E-state index in [4.69, 9.17) is 0 Å².